The molecule has 0 heterocycles. The molecule has 1 aliphatic rings. The lowest BCUT2D eigenvalue weighted by Gasteiger charge is -2.42. The Morgan fingerprint density at radius 3 is 2.30 bits per heavy atom. The van der Waals surface area contributed by atoms with Crippen molar-refractivity contribution >= 4 is 5.97 Å². The van der Waals surface area contributed by atoms with Crippen LogP contribution in [-0.4, -0.2) is 11.1 Å². The molecule has 0 unspecified atom stereocenters. The van der Waals surface area contributed by atoms with E-state index in [-0.39, 0.29) is 10.8 Å². The molecule has 0 aliphatic heterocycles. The monoisotopic (exact) mass is 406 g/mol. The largest absolute Gasteiger partial charge is 0.478 e. The van der Waals surface area contributed by atoms with E-state index in [1.54, 1.807) is 19.1 Å². The van der Waals surface area contributed by atoms with Gasteiger partial charge < -0.3 is 5.11 Å². The molecular formula is C28H38O2. The molecule has 0 aromatic heterocycles. The van der Waals surface area contributed by atoms with E-state index >= 15 is 0 Å². The second kappa shape index (κ2) is 10.2. The third-order valence-corrected chi connectivity index (χ3v) is 6.36. The lowest BCUT2D eigenvalue weighted by molar-refractivity contribution is -0.131. The number of aryl methyl sites for hydroxylation is 1. The molecule has 2 heteroatoms. The van der Waals surface area contributed by atoms with E-state index in [9.17, 15) is 4.79 Å². The quantitative estimate of drug-likeness (QED) is 0.227. The maximum atomic E-state index is 10.8. The number of rotatable bonds is 7. The van der Waals surface area contributed by atoms with Gasteiger partial charge in [-0.2, -0.15) is 0 Å². The Hall–Kier alpha value is -2.27. The van der Waals surface area contributed by atoms with Crippen molar-refractivity contribution in [2.24, 2.45) is 0 Å². The van der Waals surface area contributed by atoms with Gasteiger partial charge in [0.2, 0.25) is 0 Å². The van der Waals surface area contributed by atoms with Gasteiger partial charge in [-0.25, -0.2) is 4.79 Å². The van der Waals surface area contributed by atoms with Gasteiger partial charge in [0.1, 0.15) is 0 Å². The van der Waals surface area contributed by atoms with Gasteiger partial charge in [0.25, 0.3) is 0 Å². The van der Waals surface area contributed by atoms with E-state index in [4.69, 9.17) is 5.11 Å². The summed E-state index contributed by atoms with van der Waals surface area (Å²) in [5, 5.41) is 8.83. The van der Waals surface area contributed by atoms with Crippen molar-refractivity contribution in [3.63, 3.8) is 0 Å². The Morgan fingerprint density at radius 1 is 1.07 bits per heavy atom. The molecule has 1 aromatic rings. The number of unbranched alkanes of at least 4 members (excludes halogenated alkanes) is 3. The third-order valence-electron chi connectivity index (χ3n) is 6.36. The molecule has 1 N–H and O–H groups in total. The molecule has 0 amide bonds. The van der Waals surface area contributed by atoms with E-state index < -0.39 is 5.97 Å². The minimum atomic E-state index is -0.931. The number of hydrogen-bond acceptors (Lipinski definition) is 1. The summed E-state index contributed by atoms with van der Waals surface area (Å²) in [6, 6.07) is 4.78. The van der Waals surface area contributed by atoms with Crippen molar-refractivity contribution in [3.8, 4) is 11.8 Å². The predicted molar refractivity (Wildman–Crippen MR) is 127 cm³/mol. The Kier molecular flexibility index (Phi) is 8.13. The molecule has 0 bridgehead atoms. The zero-order valence-corrected chi connectivity index (χ0v) is 19.7. The number of carboxylic acid groups (broad SMARTS) is 1. The summed E-state index contributed by atoms with van der Waals surface area (Å²) in [7, 11) is 0. The highest BCUT2D eigenvalue weighted by atomic mass is 16.4. The Bertz CT molecular complexity index is 885. The van der Waals surface area contributed by atoms with Crippen LogP contribution in [0.5, 0.6) is 0 Å². The molecule has 0 radical (unpaired) electrons. The zero-order chi connectivity index (χ0) is 22.4. The van der Waals surface area contributed by atoms with Crippen LogP contribution in [0.2, 0.25) is 0 Å². The zero-order valence-electron chi connectivity index (χ0n) is 19.7. The van der Waals surface area contributed by atoms with Gasteiger partial charge in [0.05, 0.1) is 0 Å². The SMILES string of the molecule is CCCCCCc1cc2c(cc1C#C/C=C/C(C)=C/C(=O)O)C(C)(C)CCC2(C)C. The fraction of sp³-hybridized carbons (Fsp3) is 0.536. The molecule has 2 nitrogen and oxygen atoms in total. The van der Waals surface area contributed by atoms with Crippen molar-refractivity contribution in [2.45, 2.75) is 97.3 Å². The second-order valence-corrected chi connectivity index (χ2v) is 9.96. The smallest absolute Gasteiger partial charge is 0.328 e. The number of benzene rings is 1. The number of fused-ring (bicyclic) bond motifs is 1. The summed E-state index contributed by atoms with van der Waals surface area (Å²) < 4.78 is 0. The van der Waals surface area contributed by atoms with Crippen LogP contribution < -0.4 is 0 Å². The minimum Gasteiger partial charge on any atom is -0.478 e. The first kappa shape index (κ1) is 24.0. The predicted octanol–water partition coefficient (Wildman–Crippen LogP) is 7.10. The molecule has 0 spiro atoms. The van der Waals surface area contributed by atoms with Crippen molar-refractivity contribution in [1.29, 1.82) is 0 Å². The van der Waals surface area contributed by atoms with Crippen LogP contribution in [0.3, 0.4) is 0 Å². The van der Waals surface area contributed by atoms with Crippen molar-refractivity contribution < 1.29 is 9.90 Å². The molecule has 0 saturated carbocycles. The van der Waals surface area contributed by atoms with E-state index in [0.29, 0.717) is 5.57 Å². The fourth-order valence-corrected chi connectivity index (χ4v) is 4.26. The molecule has 1 aliphatic carbocycles. The second-order valence-electron chi connectivity index (χ2n) is 9.96. The lowest BCUT2D eigenvalue weighted by Crippen LogP contribution is -2.34. The molecule has 0 atom stereocenters. The number of hydrogen-bond donors (Lipinski definition) is 1. The summed E-state index contributed by atoms with van der Waals surface area (Å²) in [6.07, 6.45) is 13.2. The molecule has 1 aromatic carbocycles. The number of carboxylic acids is 1. The van der Waals surface area contributed by atoms with Crippen LogP contribution in [0, 0.1) is 11.8 Å². The van der Waals surface area contributed by atoms with Gasteiger partial charge in [-0.15, -0.1) is 0 Å². The van der Waals surface area contributed by atoms with Crippen LogP contribution in [0.25, 0.3) is 0 Å². The minimum absolute atomic E-state index is 0.165. The molecule has 2 rings (SSSR count). The fourth-order valence-electron chi connectivity index (χ4n) is 4.26. The molecular weight excluding hydrogens is 368 g/mol. The summed E-state index contributed by atoms with van der Waals surface area (Å²) >= 11 is 0. The first-order chi connectivity index (χ1) is 14.1. The van der Waals surface area contributed by atoms with Gasteiger partial charge in [-0.05, 0) is 77.8 Å². The van der Waals surface area contributed by atoms with Crippen LogP contribution in [0.15, 0.2) is 35.9 Å². The highest BCUT2D eigenvalue weighted by molar-refractivity contribution is 5.81. The molecule has 30 heavy (non-hydrogen) atoms. The lowest BCUT2D eigenvalue weighted by atomic mass is 9.62. The van der Waals surface area contributed by atoms with Crippen LogP contribution in [0.4, 0.5) is 0 Å². The van der Waals surface area contributed by atoms with Gasteiger partial charge >= 0.3 is 5.97 Å². The normalized spacial score (nSPS) is 17.3. The first-order valence-corrected chi connectivity index (χ1v) is 11.3. The highest BCUT2D eigenvalue weighted by Crippen LogP contribution is 2.46. The molecule has 0 fully saturated rings. The number of carbonyl (C=O) groups is 1. The summed E-state index contributed by atoms with van der Waals surface area (Å²) in [4.78, 5) is 10.8. The van der Waals surface area contributed by atoms with Crippen LogP contribution in [0.1, 0.15) is 102 Å². The number of aliphatic carboxylic acids is 1. The van der Waals surface area contributed by atoms with Crippen molar-refractivity contribution in [2.75, 3.05) is 0 Å². The van der Waals surface area contributed by atoms with Crippen LogP contribution in [-0.2, 0) is 22.0 Å². The van der Waals surface area contributed by atoms with E-state index in [0.717, 1.165) is 12.0 Å². The van der Waals surface area contributed by atoms with Gasteiger partial charge in [-0.3, -0.25) is 0 Å². The molecule has 0 saturated heterocycles. The topological polar surface area (TPSA) is 37.3 Å². The summed E-state index contributed by atoms with van der Waals surface area (Å²) in [5.74, 6) is 5.57. The van der Waals surface area contributed by atoms with E-state index in [2.05, 4.69) is 58.6 Å². The maximum Gasteiger partial charge on any atom is 0.328 e. The Labute approximate surface area is 183 Å². The Balaban J connectivity index is 2.43. The van der Waals surface area contributed by atoms with Gasteiger partial charge in [0.15, 0.2) is 0 Å². The van der Waals surface area contributed by atoms with Crippen molar-refractivity contribution in [1.82, 2.24) is 0 Å². The average Bonchev–Trinajstić information content (AvgIpc) is 2.66. The molecule has 162 valence electrons. The maximum absolute atomic E-state index is 10.8. The van der Waals surface area contributed by atoms with Gasteiger partial charge in [-0.1, -0.05) is 77.9 Å². The standard InChI is InChI=1S/C28H38O2/c1-7-8-9-10-14-22-19-24-25(28(5,6)17-16-27(24,3)4)20-23(22)15-12-11-13-21(2)18-26(29)30/h11,13,18-20H,7-10,14,16-17H2,1-6H3,(H,29,30)/b13-11+,21-18+. The number of allylic oxidation sites excluding steroid dienone is 3. The van der Waals surface area contributed by atoms with Gasteiger partial charge in [0, 0.05) is 11.6 Å². The van der Waals surface area contributed by atoms with E-state index in [1.165, 1.54) is 61.3 Å². The van der Waals surface area contributed by atoms with Crippen LogP contribution >= 0.6 is 0 Å². The van der Waals surface area contributed by atoms with Crippen molar-refractivity contribution in [3.05, 3.63) is 58.2 Å². The average molecular weight is 407 g/mol. The summed E-state index contributed by atoms with van der Waals surface area (Å²) in [5.41, 5.74) is 6.46. The first-order valence-electron chi connectivity index (χ1n) is 11.3. The summed E-state index contributed by atoms with van der Waals surface area (Å²) in [6.45, 7) is 13.4. The Morgan fingerprint density at radius 2 is 1.70 bits per heavy atom. The van der Waals surface area contributed by atoms with E-state index in [1.807, 2.05) is 0 Å². The third kappa shape index (κ3) is 6.36. The highest BCUT2D eigenvalue weighted by Gasteiger charge is 2.37.